The Morgan fingerprint density at radius 2 is 1.95 bits per heavy atom. The van der Waals surface area contributed by atoms with Gasteiger partial charge in [-0.15, -0.1) is 0 Å². The van der Waals surface area contributed by atoms with Crippen LogP contribution in [-0.4, -0.2) is 19.9 Å². The van der Waals surface area contributed by atoms with Gasteiger partial charge in [0.2, 0.25) is 0 Å². The monoisotopic (exact) mass is 262 g/mol. The summed E-state index contributed by atoms with van der Waals surface area (Å²) in [5.74, 6) is 2.78. The van der Waals surface area contributed by atoms with Crippen LogP contribution in [0.3, 0.4) is 0 Å². The lowest BCUT2D eigenvalue weighted by Gasteiger charge is -2.12. The van der Waals surface area contributed by atoms with Crippen LogP contribution in [0, 0.1) is 0 Å². The molecule has 0 fully saturated rings. The van der Waals surface area contributed by atoms with Crippen LogP contribution in [0.2, 0.25) is 0 Å². The normalized spacial score (nSPS) is 12.1. The van der Waals surface area contributed by atoms with Crippen molar-refractivity contribution in [3.63, 3.8) is 0 Å². The van der Waals surface area contributed by atoms with E-state index in [0.717, 1.165) is 35.9 Å². The van der Waals surface area contributed by atoms with Gasteiger partial charge in [-0.2, -0.15) is 5.10 Å². The molecule has 0 aromatic carbocycles. The molecule has 2 rings (SSSR count). The van der Waals surface area contributed by atoms with E-state index >= 15 is 0 Å². The third-order valence-corrected chi connectivity index (χ3v) is 3.03. The van der Waals surface area contributed by atoms with Gasteiger partial charge in [-0.3, -0.25) is 0 Å². The van der Waals surface area contributed by atoms with Gasteiger partial charge in [-0.05, 0) is 0 Å². The smallest absolute Gasteiger partial charge is 0.150 e. The fraction of sp³-hybridized carbons (Fsp3) is 0.643. The molecule has 0 saturated heterocycles. The molecule has 104 valence electrons. The second-order valence-electron chi connectivity index (χ2n) is 5.74. The van der Waals surface area contributed by atoms with Crippen LogP contribution < -0.4 is 0 Å². The highest BCUT2D eigenvalue weighted by Crippen LogP contribution is 2.22. The first kappa shape index (κ1) is 13.8. The van der Waals surface area contributed by atoms with Gasteiger partial charge < -0.3 is 4.52 Å². The summed E-state index contributed by atoms with van der Waals surface area (Å²) in [7, 11) is 0. The Kier molecular flexibility index (Phi) is 3.73. The van der Waals surface area contributed by atoms with Gasteiger partial charge in [-0.25, -0.2) is 9.67 Å². The van der Waals surface area contributed by atoms with E-state index in [1.54, 1.807) is 0 Å². The van der Waals surface area contributed by atoms with Gasteiger partial charge in [0.05, 0.1) is 6.54 Å². The summed E-state index contributed by atoms with van der Waals surface area (Å²) < 4.78 is 7.32. The van der Waals surface area contributed by atoms with Crippen LogP contribution in [-0.2, 0) is 24.8 Å². The van der Waals surface area contributed by atoms with Crippen molar-refractivity contribution in [2.24, 2.45) is 0 Å². The molecule has 0 N–H and O–H groups in total. The topological polar surface area (TPSA) is 56.7 Å². The van der Waals surface area contributed by atoms with Crippen molar-refractivity contribution in [3.8, 4) is 0 Å². The van der Waals surface area contributed by atoms with E-state index in [-0.39, 0.29) is 5.41 Å². The first-order valence-corrected chi connectivity index (χ1v) is 6.82. The molecular formula is C14H22N4O. The Bertz CT molecular complexity index is 548. The molecule has 0 atom stereocenters. The van der Waals surface area contributed by atoms with Crippen molar-refractivity contribution in [1.82, 2.24) is 19.9 Å². The maximum Gasteiger partial charge on any atom is 0.150 e. The summed E-state index contributed by atoms with van der Waals surface area (Å²) in [4.78, 5) is 4.49. The molecule has 5 nitrogen and oxygen atoms in total. The van der Waals surface area contributed by atoms with Crippen LogP contribution in [0.15, 0.2) is 10.6 Å². The highest BCUT2D eigenvalue weighted by molar-refractivity contribution is 5.13. The number of hydrogen-bond acceptors (Lipinski definition) is 4. The van der Waals surface area contributed by atoms with Gasteiger partial charge in [0, 0.05) is 24.3 Å². The van der Waals surface area contributed by atoms with E-state index in [9.17, 15) is 0 Å². The zero-order valence-corrected chi connectivity index (χ0v) is 12.4. The minimum absolute atomic E-state index is 0.0181. The van der Waals surface area contributed by atoms with Crippen molar-refractivity contribution in [1.29, 1.82) is 0 Å². The van der Waals surface area contributed by atoms with Crippen molar-refractivity contribution < 1.29 is 4.52 Å². The second-order valence-corrected chi connectivity index (χ2v) is 5.74. The molecule has 0 saturated carbocycles. The largest absolute Gasteiger partial charge is 0.361 e. The van der Waals surface area contributed by atoms with E-state index in [0.29, 0.717) is 6.54 Å². The average molecular weight is 262 g/mol. The SMILES string of the molecule is CCc1nc(CC)n(Cc2cc(C(C)(C)C)on2)n1. The molecule has 0 aliphatic carbocycles. The standard InChI is InChI=1S/C14H22N4O/c1-6-12-15-13(7-2)18(16-12)9-10-8-11(19-17-10)14(3,4)5/h8H,6-7,9H2,1-5H3. The molecule has 2 aromatic heterocycles. The van der Waals surface area contributed by atoms with Crippen LogP contribution in [0.5, 0.6) is 0 Å². The van der Waals surface area contributed by atoms with Gasteiger partial charge in [-0.1, -0.05) is 39.8 Å². The third kappa shape index (κ3) is 3.03. The Hall–Kier alpha value is -1.65. The van der Waals surface area contributed by atoms with Gasteiger partial charge in [0.25, 0.3) is 0 Å². The quantitative estimate of drug-likeness (QED) is 0.850. The highest BCUT2D eigenvalue weighted by Gasteiger charge is 2.20. The first-order chi connectivity index (χ1) is 8.94. The molecule has 0 amide bonds. The predicted molar refractivity (Wildman–Crippen MR) is 73.1 cm³/mol. The fourth-order valence-corrected chi connectivity index (χ4v) is 1.86. The maximum absolute atomic E-state index is 5.40. The number of rotatable bonds is 4. The molecule has 0 radical (unpaired) electrons. The summed E-state index contributed by atoms with van der Waals surface area (Å²) in [5.41, 5.74) is 0.877. The number of aryl methyl sites for hydroxylation is 2. The van der Waals surface area contributed by atoms with Crippen molar-refractivity contribution in [2.75, 3.05) is 0 Å². The average Bonchev–Trinajstić information content (AvgIpc) is 2.95. The van der Waals surface area contributed by atoms with E-state index < -0.39 is 0 Å². The lowest BCUT2D eigenvalue weighted by molar-refractivity contribution is 0.324. The Balaban J connectivity index is 2.21. The van der Waals surface area contributed by atoms with Crippen molar-refractivity contribution >= 4 is 0 Å². The van der Waals surface area contributed by atoms with Gasteiger partial charge >= 0.3 is 0 Å². The molecule has 0 unspecified atom stereocenters. The summed E-state index contributed by atoms with van der Waals surface area (Å²) >= 11 is 0. The first-order valence-electron chi connectivity index (χ1n) is 6.82. The second kappa shape index (κ2) is 5.15. The molecule has 0 aliphatic heterocycles. The van der Waals surface area contributed by atoms with Crippen LogP contribution in [0.4, 0.5) is 0 Å². The van der Waals surface area contributed by atoms with Crippen molar-refractivity contribution in [3.05, 3.63) is 29.2 Å². The summed E-state index contributed by atoms with van der Waals surface area (Å²) in [6, 6.07) is 2.01. The minimum Gasteiger partial charge on any atom is -0.361 e. The van der Waals surface area contributed by atoms with Gasteiger partial charge in [0.15, 0.2) is 5.82 Å². The Morgan fingerprint density at radius 1 is 1.21 bits per heavy atom. The summed E-state index contributed by atoms with van der Waals surface area (Å²) in [6.07, 6.45) is 1.73. The molecule has 2 aromatic rings. The molecule has 2 heterocycles. The zero-order valence-electron chi connectivity index (χ0n) is 12.4. The molecular weight excluding hydrogens is 240 g/mol. The lowest BCUT2D eigenvalue weighted by atomic mass is 9.93. The minimum atomic E-state index is -0.0181. The fourth-order valence-electron chi connectivity index (χ4n) is 1.86. The number of hydrogen-bond donors (Lipinski definition) is 0. The summed E-state index contributed by atoms with van der Waals surface area (Å²) in [6.45, 7) is 11.1. The molecule has 0 bridgehead atoms. The van der Waals surface area contributed by atoms with E-state index in [2.05, 4.69) is 49.9 Å². The Labute approximate surface area is 114 Å². The predicted octanol–water partition coefficient (Wildman–Crippen LogP) is 2.74. The van der Waals surface area contributed by atoms with Crippen LogP contribution >= 0.6 is 0 Å². The summed E-state index contributed by atoms with van der Waals surface area (Å²) in [5, 5.41) is 8.61. The number of nitrogens with zero attached hydrogens (tertiary/aromatic N) is 4. The highest BCUT2D eigenvalue weighted by atomic mass is 16.5. The van der Waals surface area contributed by atoms with Crippen LogP contribution in [0.25, 0.3) is 0 Å². The zero-order chi connectivity index (χ0) is 14.0. The lowest BCUT2D eigenvalue weighted by Crippen LogP contribution is -2.09. The van der Waals surface area contributed by atoms with Gasteiger partial charge in [0.1, 0.15) is 17.3 Å². The van der Waals surface area contributed by atoms with E-state index in [1.807, 2.05) is 10.7 Å². The van der Waals surface area contributed by atoms with Crippen molar-refractivity contribution in [2.45, 2.75) is 59.4 Å². The third-order valence-electron chi connectivity index (χ3n) is 3.03. The molecule has 5 heteroatoms. The van der Waals surface area contributed by atoms with E-state index in [1.165, 1.54) is 0 Å². The maximum atomic E-state index is 5.40. The van der Waals surface area contributed by atoms with Crippen LogP contribution in [0.1, 0.15) is 57.7 Å². The Morgan fingerprint density at radius 3 is 2.47 bits per heavy atom. The molecule has 0 spiro atoms. The van der Waals surface area contributed by atoms with E-state index in [4.69, 9.17) is 4.52 Å². The number of aromatic nitrogens is 4. The molecule has 19 heavy (non-hydrogen) atoms. The molecule has 0 aliphatic rings.